The molecule has 21 heterocycles. The van der Waals surface area contributed by atoms with Crippen molar-refractivity contribution in [1.82, 2.24) is 0 Å². The average Bonchev–Trinajstić information content (AvgIpc) is 0.781. The molecule has 21 aliphatic rings. The van der Waals surface area contributed by atoms with Gasteiger partial charge in [0.05, 0.1) is 114 Å². The van der Waals surface area contributed by atoms with Gasteiger partial charge >= 0.3 is 207 Å². The van der Waals surface area contributed by atoms with Crippen molar-refractivity contribution < 1.29 is 436 Å². The van der Waals surface area contributed by atoms with E-state index in [1.54, 1.807) is 0 Å². The van der Waals surface area contributed by atoms with Crippen LogP contribution in [0.3, 0.4) is 0 Å². The summed E-state index contributed by atoms with van der Waals surface area (Å²) in [7, 11) is -34.7. The van der Waals surface area contributed by atoms with Crippen molar-refractivity contribution in [3.05, 3.63) is 0 Å². The van der Waals surface area contributed by atoms with Crippen LogP contribution in [-0.4, -0.2) is 498 Å². The van der Waals surface area contributed by atoms with E-state index in [4.69, 9.17) is 66.3 Å². The third-order valence-electron chi connectivity index (χ3n) is 18.8. The van der Waals surface area contributed by atoms with Gasteiger partial charge in [0.15, 0.2) is 44.0 Å². The summed E-state index contributed by atoms with van der Waals surface area (Å²) in [6.45, 7) is 0. The number of hydrogen-bond acceptors (Lipinski definition) is 56. The Balaban J connectivity index is 0.0000113. The van der Waals surface area contributed by atoms with Crippen molar-refractivity contribution in [3.8, 4) is 0 Å². The fourth-order valence-corrected chi connectivity index (χ4v) is 26.5. The van der Waals surface area contributed by atoms with Crippen LogP contribution in [0, 0.1) is 0 Å². The monoisotopic (exact) mass is 2160 g/mol. The van der Waals surface area contributed by atoms with Gasteiger partial charge in [-0.2, -0.15) is 82.3 Å². The minimum atomic E-state index is -4.96. The molecule has 21 rings (SSSR count). The number of hydrogen-bond donors (Lipinski definition) is 14. The normalized spacial score (nSPS) is 38.7. The van der Waals surface area contributed by atoms with Gasteiger partial charge in [-0.15, -0.1) is 0 Å². The van der Waals surface area contributed by atoms with Gasteiger partial charge in [0.25, 0.3) is 0 Å². The molecule has 0 aromatic heterocycles. The molecule has 700 valence electrons. The Morgan fingerprint density at radius 1 is 0.175 bits per heavy atom. The molecule has 35 atom stereocenters. The van der Waals surface area contributed by atoms with Gasteiger partial charge in [-0.1, -0.05) is 0 Å². The molecule has 0 aromatic carbocycles. The second kappa shape index (κ2) is 59.5. The second-order valence-electron chi connectivity index (χ2n) is 27.7. The van der Waals surface area contributed by atoms with Gasteiger partial charge < -0.3 is 170 Å². The molecule has 49 nitrogen and oxygen atoms in total. The van der Waals surface area contributed by atoms with Crippen molar-refractivity contribution in [2.24, 2.45) is 0 Å². The van der Waals surface area contributed by atoms with Crippen molar-refractivity contribution in [2.45, 2.75) is 215 Å². The molecule has 0 radical (unpaired) electrons. The summed E-state index contributed by atoms with van der Waals surface area (Å²) in [6, 6.07) is 0. The van der Waals surface area contributed by atoms with E-state index >= 15 is 0 Å². The number of aliphatic hydroxyl groups is 14. The van der Waals surface area contributed by atoms with Crippen molar-refractivity contribution in [1.29, 1.82) is 0 Å². The molecule has 21 fully saturated rings. The maximum absolute atomic E-state index is 12.1. The Bertz CT molecular complexity index is 3340. The van der Waals surface area contributed by atoms with Crippen LogP contribution in [0.5, 0.6) is 0 Å². The molecule has 70 heteroatoms. The zero-order valence-electron chi connectivity index (χ0n) is 68.3. The quantitative estimate of drug-likeness (QED) is 0.0159. The predicted molar refractivity (Wildman–Crippen MR) is 402 cm³/mol. The number of ether oxygens (including phenoxy) is 14. The zero-order valence-corrected chi connectivity index (χ0v) is 93.8. The molecule has 0 spiro atoms. The maximum atomic E-state index is 12.1. The van der Waals surface area contributed by atoms with E-state index in [0.717, 1.165) is 0 Å². The molecule has 0 aliphatic carbocycles. The summed E-state index contributed by atoms with van der Waals surface area (Å²) in [5.41, 5.74) is 0. The molecule has 21 saturated heterocycles. The van der Waals surface area contributed by atoms with Gasteiger partial charge in [-0.25, -0.2) is 58.9 Å². The van der Waals surface area contributed by atoms with Crippen LogP contribution < -0.4 is 207 Å². The van der Waals surface area contributed by atoms with Crippen LogP contribution >= 0.6 is 82.3 Å². The molecular formula is C56H91Na7O49S14. The van der Waals surface area contributed by atoms with Crippen LogP contribution in [-0.2, 0) is 137 Å². The van der Waals surface area contributed by atoms with Crippen LogP contribution in [0.4, 0.5) is 0 Å². The second-order valence-corrected chi connectivity index (χ2v) is 46.4. The summed E-state index contributed by atoms with van der Waals surface area (Å²) in [6.07, 6.45) is -78.2. The summed E-state index contributed by atoms with van der Waals surface area (Å²) in [5.74, 6) is -15.5. The fraction of sp³-hybridized carbons (Fsp3) is 1.00. The molecule has 21 aliphatic heterocycles. The predicted octanol–water partition coefficient (Wildman–Crippen LogP) is -34.2. The topological polar surface area (TPSA) is 813 Å². The Labute approximate surface area is 911 Å². The maximum Gasteiger partial charge on any atom is 1.00 e. The van der Waals surface area contributed by atoms with E-state index in [-0.39, 0.29) is 207 Å². The van der Waals surface area contributed by atoms with Crippen molar-refractivity contribution in [2.75, 3.05) is 121 Å². The first-order valence-corrected chi connectivity index (χ1v) is 54.6. The first-order chi connectivity index (χ1) is 55.2. The van der Waals surface area contributed by atoms with Crippen LogP contribution in [0.1, 0.15) is 0 Å². The van der Waals surface area contributed by atoms with Gasteiger partial charge in [-0.05, 0) is 0 Å². The third kappa shape index (κ3) is 41.9. The number of aliphatic hydroxyl groups excluding tert-OH is 14. The number of rotatable bonds is 35. The summed E-state index contributed by atoms with van der Waals surface area (Å²) in [4.78, 5) is 0. The Hall–Kier alpha value is 7.70. The van der Waals surface area contributed by atoms with Gasteiger partial charge in [0, 0.05) is 121 Å². The molecule has 14 N–H and O–H groups in total. The summed E-state index contributed by atoms with van der Waals surface area (Å²) >= 11 is 4.23. The van der Waals surface area contributed by atoms with Gasteiger partial charge in [-0.3, -0.25) is 0 Å². The minimum Gasteiger partial charge on any atom is -0.748 e. The molecule has 126 heavy (non-hydrogen) atoms. The standard InChI is InChI=1S/C56H98O49S14.7Na/c57-29-36(64)50-92-22(15-106-1-8-113(71,72)73)43(29)99-51-37(65)30(58)45(24(93-51)17-108-3-10-115(77,78)79)101-53-39(67)32(60)47(26(95-53)19-110-5-12-117(83,84)85)103-55-41(69)34(62)49(28(97-55)21-112-7-14-119(89,90)91)105-56-42(70)35(63)48(27(98-56)20-111-6-13-118(86,87)88)104-54-40(68)33(61)46(25(96-54)18-109-4-11-116(80,81)82)102-52-38(66)31(59)44(100-50)23(94-52)16-107-2-9-114(74,75)76;;;;;;;/h22-70H,1-21H2,(H,71,72,73)(H,74,75,76)(H,77,78,79)(H,80,81,82)(H,83,84,85)(H,86,87,88)(H,89,90,91);;;;;;;/q;7*+1/p-7/t22-,23-,24-,25-,26-,27-,28-,29-,30-,31-,32-,33-,34-,35-,36-,37-,38-,39-,40-,41-,42-,43-,44-,45-,46-,47-,48-,49-,50+,51+,52+,53+,54+,55+,56+;;;;;;;/m1......./s1. The van der Waals surface area contributed by atoms with Gasteiger partial charge in [0.2, 0.25) is 0 Å². The van der Waals surface area contributed by atoms with E-state index in [0.29, 0.717) is 82.3 Å². The summed E-state index contributed by atoms with van der Waals surface area (Å²) < 4.78 is 333. The van der Waals surface area contributed by atoms with E-state index in [9.17, 15) is 162 Å². The molecule has 14 bridgehead atoms. The van der Waals surface area contributed by atoms with E-state index < -0.39 is 407 Å². The third-order valence-corrected chi connectivity index (χ3v) is 33.0. The Morgan fingerprint density at radius 2 is 0.270 bits per heavy atom. The number of thioether (sulfide) groups is 7. The fourth-order valence-electron chi connectivity index (χ4n) is 12.8. The molecule has 0 amide bonds. The van der Waals surface area contributed by atoms with Crippen LogP contribution in [0.25, 0.3) is 0 Å². The van der Waals surface area contributed by atoms with E-state index in [1.807, 2.05) is 0 Å². The first kappa shape index (κ1) is 132. The van der Waals surface area contributed by atoms with E-state index in [1.165, 1.54) is 0 Å². The molecule has 0 aromatic rings. The molecular weight excluding hydrogens is 2070 g/mol. The largest absolute Gasteiger partial charge is 1.00 e. The first-order valence-electron chi connectivity index (χ1n) is 35.5. The Kier molecular flexibility index (Phi) is 62.2. The van der Waals surface area contributed by atoms with E-state index in [2.05, 4.69) is 0 Å². The average molecular weight is 2160 g/mol. The van der Waals surface area contributed by atoms with Crippen molar-refractivity contribution in [3.63, 3.8) is 0 Å². The zero-order chi connectivity index (χ0) is 88.4. The minimum absolute atomic E-state index is 0. The van der Waals surface area contributed by atoms with Gasteiger partial charge in [0.1, 0.15) is 128 Å². The summed E-state index contributed by atoms with van der Waals surface area (Å²) in [5, 5.41) is 169. The molecule has 0 saturated carbocycles. The smallest absolute Gasteiger partial charge is 0.748 e. The van der Waals surface area contributed by atoms with Crippen LogP contribution in [0.15, 0.2) is 0 Å². The van der Waals surface area contributed by atoms with Crippen molar-refractivity contribution >= 4 is 153 Å². The van der Waals surface area contributed by atoms with Crippen LogP contribution in [0.2, 0.25) is 0 Å². The Morgan fingerprint density at radius 3 is 0.357 bits per heavy atom. The molecule has 0 unspecified atom stereocenters. The SMILES string of the molecule is O=S(=O)([O-])CCSC[C@H]1O[C@H]2O[C@H]3[C@H](O)[C@@H](O)[C@H](O[C@H]4[C@H](O)[C@@H](O)[C@H](O[C@H]5[C@H](O)[C@@H](O)[C@H](O[C@H]6[C@H](O)[C@@H](O)[C@H](O[C@H]7[C@H](O)[C@@H](O)[C@H](O[C@H]8[C@H](O)[C@@H](O)[C@H](O[C@H]1[C@H](O)[C@H]2O)O[C@@H]8CSCCS(=O)(=O)[O-])O[C@@H]7CSCCS(=O)(=O)[O-])O[C@@H]6CSCCS(=O)(=O)[O-])O[C@@H]5CSCCS(=O)(=O)[O-])O[C@@H]4CSCCS(=O)(=O)[O-])O[C@@H]3CSCCS(=O)(=O)[O-].[Na+].[Na+].[Na+].[Na+].[Na+].[Na+].[Na+].